The molecule has 2 aliphatic heterocycles. The number of piperazine rings is 1. The molecule has 0 bridgehead atoms. The summed E-state index contributed by atoms with van der Waals surface area (Å²) in [6, 6.07) is 20.5. The number of anilines is 1. The fourth-order valence-corrected chi connectivity index (χ4v) is 4.46. The molecule has 0 radical (unpaired) electrons. The average molecular weight is 494 g/mol. The summed E-state index contributed by atoms with van der Waals surface area (Å²) >= 11 is 0. The first-order valence-electron chi connectivity index (χ1n) is 13.0. The minimum Gasteiger partial charge on any atom is -0.370 e. The van der Waals surface area contributed by atoms with E-state index in [4.69, 9.17) is 4.74 Å². The Morgan fingerprint density at radius 1 is 0.694 bits per heavy atom. The van der Waals surface area contributed by atoms with Gasteiger partial charge in [-0.15, -0.1) is 0 Å². The molecule has 6 nitrogen and oxygen atoms in total. The van der Waals surface area contributed by atoms with Gasteiger partial charge in [0.25, 0.3) is 0 Å². The molecule has 2 aromatic rings. The summed E-state index contributed by atoms with van der Waals surface area (Å²) in [4.78, 5) is 30.7. The molecule has 0 aromatic heterocycles. The average Bonchev–Trinajstić information content (AvgIpc) is 2.88. The number of para-hydroxylation sites is 1. The maximum atomic E-state index is 12.3. The maximum Gasteiger partial charge on any atom is 0.228 e. The zero-order chi connectivity index (χ0) is 26.3. The van der Waals surface area contributed by atoms with Crippen LogP contribution >= 0.6 is 0 Å². The van der Waals surface area contributed by atoms with Crippen LogP contribution in [0.4, 0.5) is 5.69 Å². The second kappa shape index (κ2) is 11.9. The van der Waals surface area contributed by atoms with E-state index in [-0.39, 0.29) is 28.7 Å². The summed E-state index contributed by atoms with van der Waals surface area (Å²) < 4.78 is 5.76. The quantitative estimate of drug-likeness (QED) is 0.590. The zero-order valence-electron chi connectivity index (χ0n) is 22.9. The fraction of sp³-hybridized carbons (Fsp3) is 0.533. The minimum absolute atomic E-state index is 0.00579. The van der Waals surface area contributed by atoms with E-state index in [2.05, 4.69) is 41.3 Å². The third-order valence-electron chi connectivity index (χ3n) is 6.50. The Kier molecular flexibility index (Phi) is 9.18. The Labute approximate surface area is 217 Å². The Morgan fingerprint density at radius 3 is 1.72 bits per heavy atom. The van der Waals surface area contributed by atoms with Crippen molar-refractivity contribution < 1.29 is 14.3 Å². The monoisotopic (exact) mass is 493 g/mol. The van der Waals surface area contributed by atoms with E-state index in [9.17, 15) is 9.59 Å². The van der Waals surface area contributed by atoms with E-state index in [1.807, 2.05) is 75.6 Å². The summed E-state index contributed by atoms with van der Waals surface area (Å²) in [6.07, 6.45) is 0.00579. The predicted molar refractivity (Wildman–Crippen MR) is 146 cm³/mol. The lowest BCUT2D eigenvalue weighted by Crippen LogP contribution is -2.51. The third kappa shape index (κ3) is 7.57. The van der Waals surface area contributed by atoms with Crippen LogP contribution in [0.25, 0.3) is 0 Å². The topological polar surface area (TPSA) is 53.1 Å². The summed E-state index contributed by atoms with van der Waals surface area (Å²) in [6.45, 7) is 17.3. The van der Waals surface area contributed by atoms with Gasteiger partial charge in [0.15, 0.2) is 0 Å². The number of morpholine rings is 1. The Bertz CT molecular complexity index is 972. The number of rotatable bonds is 2. The lowest BCUT2D eigenvalue weighted by molar-refractivity contribution is -0.147. The van der Waals surface area contributed by atoms with Gasteiger partial charge < -0.3 is 19.4 Å². The van der Waals surface area contributed by atoms with Crippen LogP contribution in [0.5, 0.6) is 0 Å². The van der Waals surface area contributed by atoms with Crippen LogP contribution in [0.15, 0.2) is 60.7 Å². The summed E-state index contributed by atoms with van der Waals surface area (Å²) in [5.74, 6) is 0.460. The van der Waals surface area contributed by atoms with Crippen molar-refractivity contribution in [3.05, 3.63) is 66.2 Å². The van der Waals surface area contributed by atoms with E-state index in [1.165, 1.54) is 5.69 Å². The number of hydrogen-bond donors (Lipinski definition) is 0. The first-order chi connectivity index (χ1) is 17.0. The largest absolute Gasteiger partial charge is 0.370 e. The summed E-state index contributed by atoms with van der Waals surface area (Å²) in [7, 11) is 0. The van der Waals surface area contributed by atoms with Crippen molar-refractivity contribution in [2.45, 2.75) is 47.6 Å². The van der Waals surface area contributed by atoms with Crippen LogP contribution in [0.3, 0.4) is 0 Å². The number of carbonyl (C=O) groups is 2. The number of benzene rings is 2. The molecule has 2 saturated heterocycles. The van der Waals surface area contributed by atoms with Gasteiger partial charge in [-0.25, -0.2) is 0 Å². The highest BCUT2D eigenvalue weighted by Crippen LogP contribution is 2.26. The van der Waals surface area contributed by atoms with Crippen molar-refractivity contribution in [3.63, 3.8) is 0 Å². The molecule has 0 aliphatic carbocycles. The highest BCUT2D eigenvalue weighted by molar-refractivity contribution is 5.82. The number of nitrogens with zero attached hydrogens (tertiary/aromatic N) is 3. The van der Waals surface area contributed by atoms with Crippen LogP contribution in [-0.2, 0) is 14.3 Å². The lowest BCUT2D eigenvalue weighted by Gasteiger charge is -2.38. The van der Waals surface area contributed by atoms with E-state index in [0.29, 0.717) is 19.7 Å². The van der Waals surface area contributed by atoms with Gasteiger partial charge in [-0.3, -0.25) is 9.59 Å². The molecule has 2 fully saturated rings. The fourth-order valence-electron chi connectivity index (χ4n) is 4.46. The van der Waals surface area contributed by atoms with Crippen molar-refractivity contribution in [2.24, 2.45) is 10.8 Å². The summed E-state index contributed by atoms with van der Waals surface area (Å²) in [5.41, 5.74) is 1.80. The molecule has 1 atom stereocenters. The third-order valence-corrected chi connectivity index (χ3v) is 6.50. The van der Waals surface area contributed by atoms with E-state index >= 15 is 0 Å². The molecule has 0 spiro atoms. The van der Waals surface area contributed by atoms with Gasteiger partial charge in [0.1, 0.15) is 6.10 Å². The van der Waals surface area contributed by atoms with Gasteiger partial charge >= 0.3 is 0 Å². The standard InChI is InChI=1S/C15H22N2O.C15H21NO2/c1-15(2,3)14(18)17-11-9-16(10-12-17)13-7-5-4-6-8-13;1-15(2,3)14(17)16-9-10-18-13(11-16)12-7-5-4-6-8-12/h4-8H,9-12H2,1-3H3;4-8,13H,9-11H2,1-3H3. The molecule has 2 aliphatic rings. The van der Waals surface area contributed by atoms with Gasteiger partial charge in [-0.2, -0.15) is 0 Å². The van der Waals surface area contributed by atoms with Crippen molar-refractivity contribution in [2.75, 3.05) is 50.8 Å². The predicted octanol–water partition coefficient (Wildman–Crippen LogP) is 5.01. The van der Waals surface area contributed by atoms with E-state index < -0.39 is 0 Å². The van der Waals surface area contributed by atoms with Gasteiger partial charge in [-0.05, 0) is 17.7 Å². The van der Waals surface area contributed by atoms with Gasteiger partial charge in [-0.1, -0.05) is 90.1 Å². The first-order valence-corrected chi connectivity index (χ1v) is 13.0. The normalized spacial score (nSPS) is 18.8. The number of hydrogen-bond acceptors (Lipinski definition) is 4. The second-order valence-corrected chi connectivity index (χ2v) is 11.6. The molecular weight excluding hydrogens is 450 g/mol. The van der Waals surface area contributed by atoms with Gasteiger partial charge in [0.05, 0.1) is 13.2 Å². The Morgan fingerprint density at radius 2 is 1.19 bits per heavy atom. The van der Waals surface area contributed by atoms with Crippen LogP contribution in [0, 0.1) is 10.8 Å². The van der Waals surface area contributed by atoms with Crippen molar-refractivity contribution in [1.29, 1.82) is 0 Å². The lowest BCUT2D eigenvalue weighted by atomic mass is 9.94. The van der Waals surface area contributed by atoms with Crippen LogP contribution in [0.1, 0.15) is 53.2 Å². The van der Waals surface area contributed by atoms with Crippen LogP contribution in [-0.4, -0.2) is 67.5 Å². The van der Waals surface area contributed by atoms with Crippen LogP contribution in [0.2, 0.25) is 0 Å². The Balaban J connectivity index is 0.000000201. The van der Waals surface area contributed by atoms with Gasteiger partial charge in [0, 0.05) is 49.2 Å². The van der Waals surface area contributed by atoms with E-state index in [1.54, 1.807) is 0 Å². The molecule has 1 unspecified atom stereocenters. The van der Waals surface area contributed by atoms with Crippen molar-refractivity contribution in [1.82, 2.24) is 9.80 Å². The number of amides is 2. The number of carbonyl (C=O) groups excluding carboxylic acids is 2. The molecule has 196 valence electrons. The zero-order valence-corrected chi connectivity index (χ0v) is 22.9. The molecule has 0 N–H and O–H groups in total. The summed E-state index contributed by atoms with van der Waals surface area (Å²) in [5, 5.41) is 0. The molecule has 6 heteroatoms. The molecule has 36 heavy (non-hydrogen) atoms. The smallest absolute Gasteiger partial charge is 0.228 e. The molecule has 4 rings (SSSR count). The van der Waals surface area contributed by atoms with Gasteiger partial charge in [0.2, 0.25) is 11.8 Å². The first kappa shape index (κ1) is 27.7. The molecule has 2 heterocycles. The maximum absolute atomic E-state index is 12.3. The Hall–Kier alpha value is -2.86. The molecule has 2 amide bonds. The highest BCUT2D eigenvalue weighted by Gasteiger charge is 2.32. The van der Waals surface area contributed by atoms with Crippen LogP contribution < -0.4 is 4.90 Å². The van der Waals surface area contributed by atoms with Crippen molar-refractivity contribution in [3.8, 4) is 0 Å². The minimum atomic E-state index is -0.321. The molecular formula is C30H43N3O3. The van der Waals surface area contributed by atoms with E-state index in [0.717, 1.165) is 31.7 Å². The van der Waals surface area contributed by atoms with Crippen molar-refractivity contribution >= 4 is 17.5 Å². The highest BCUT2D eigenvalue weighted by atomic mass is 16.5. The second-order valence-electron chi connectivity index (χ2n) is 11.6. The SMILES string of the molecule is CC(C)(C)C(=O)N1CCN(c2ccccc2)CC1.CC(C)(C)C(=O)N1CCOC(c2ccccc2)C1. The number of ether oxygens (including phenoxy) is 1. The molecule has 0 saturated carbocycles. The molecule has 2 aromatic carbocycles.